The summed E-state index contributed by atoms with van der Waals surface area (Å²) in [5.41, 5.74) is 6.60. The van der Waals surface area contributed by atoms with Crippen molar-refractivity contribution in [3.8, 4) is 0 Å². The molecule has 4 N–H and O–H groups in total. The van der Waals surface area contributed by atoms with E-state index >= 15 is 0 Å². The van der Waals surface area contributed by atoms with Crippen molar-refractivity contribution in [1.29, 1.82) is 0 Å². The first-order valence-electron chi connectivity index (χ1n) is 9.71. The molecular formula is C18H27N5O6. The molecule has 1 fully saturated rings. The number of nitrogen functional groups attached to an aromatic ring is 1. The lowest BCUT2D eigenvalue weighted by Gasteiger charge is -2.16. The summed E-state index contributed by atoms with van der Waals surface area (Å²) < 4.78 is 17.8. The van der Waals surface area contributed by atoms with Crippen molar-refractivity contribution in [3.05, 3.63) is 12.7 Å². The lowest BCUT2D eigenvalue weighted by atomic mass is 10.1. The van der Waals surface area contributed by atoms with Gasteiger partial charge in [0.05, 0.1) is 19.5 Å². The molecule has 0 saturated carbocycles. The number of fused-ring (bicyclic) bond motifs is 1. The maximum Gasteiger partial charge on any atom is 0.305 e. The molecule has 0 amide bonds. The fourth-order valence-electron chi connectivity index (χ4n) is 3.24. The number of hydrogen-bond donors (Lipinski definition) is 3. The second-order valence-electron chi connectivity index (χ2n) is 6.82. The highest BCUT2D eigenvalue weighted by Gasteiger charge is 2.44. The molecule has 1 aliphatic heterocycles. The zero-order chi connectivity index (χ0) is 20.8. The van der Waals surface area contributed by atoms with Crippen LogP contribution < -0.4 is 5.73 Å². The maximum absolute atomic E-state index is 11.3. The van der Waals surface area contributed by atoms with Crippen LogP contribution >= 0.6 is 0 Å². The predicted octanol–water partition coefficient (Wildman–Crippen LogP) is 0.168. The number of aliphatic hydroxyl groups excluding tert-OH is 2. The predicted molar refractivity (Wildman–Crippen MR) is 102 cm³/mol. The zero-order valence-corrected chi connectivity index (χ0v) is 16.3. The van der Waals surface area contributed by atoms with E-state index in [9.17, 15) is 15.0 Å². The van der Waals surface area contributed by atoms with Crippen LogP contribution in [0.1, 0.15) is 38.8 Å². The summed E-state index contributed by atoms with van der Waals surface area (Å²) in [5.74, 6) is 0.0413. The third kappa shape index (κ3) is 4.99. The fourth-order valence-corrected chi connectivity index (χ4v) is 3.24. The molecule has 2 aromatic rings. The monoisotopic (exact) mass is 409 g/mol. The number of unbranched alkanes of at least 4 members (excludes halogenated alkanes) is 2. The van der Waals surface area contributed by atoms with Gasteiger partial charge in [0.15, 0.2) is 17.7 Å². The van der Waals surface area contributed by atoms with Crippen LogP contribution in [-0.2, 0) is 19.0 Å². The van der Waals surface area contributed by atoms with Crippen LogP contribution in [-0.4, -0.2) is 73.8 Å². The Bertz CT molecular complexity index is 815. The highest BCUT2D eigenvalue weighted by atomic mass is 16.6. The van der Waals surface area contributed by atoms with Gasteiger partial charge in [-0.05, 0) is 19.8 Å². The van der Waals surface area contributed by atoms with E-state index in [1.807, 2.05) is 0 Å². The Morgan fingerprint density at radius 2 is 2.07 bits per heavy atom. The molecule has 0 aliphatic carbocycles. The second-order valence-corrected chi connectivity index (χ2v) is 6.82. The van der Waals surface area contributed by atoms with Gasteiger partial charge in [-0.3, -0.25) is 9.36 Å². The summed E-state index contributed by atoms with van der Waals surface area (Å²) in [7, 11) is 0. The van der Waals surface area contributed by atoms with Gasteiger partial charge in [-0.25, -0.2) is 15.0 Å². The highest BCUT2D eigenvalue weighted by molar-refractivity contribution is 5.81. The van der Waals surface area contributed by atoms with Gasteiger partial charge >= 0.3 is 5.97 Å². The lowest BCUT2D eigenvalue weighted by Crippen LogP contribution is -2.33. The number of esters is 1. The van der Waals surface area contributed by atoms with Crippen molar-refractivity contribution in [3.63, 3.8) is 0 Å². The Balaban J connectivity index is 1.45. The van der Waals surface area contributed by atoms with Crippen LogP contribution in [0, 0.1) is 0 Å². The molecule has 1 saturated heterocycles. The van der Waals surface area contributed by atoms with Gasteiger partial charge in [-0.1, -0.05) is 6.42 Å². The largest absolute Gasteiger partial charge is 0.466 e. The third-order valence-electron chi connectivity index (χ3n) is 4.76. The minimum absolute atomic E-state index is 0.135. The van der Waals surface area contributed by atoms with E-state index in [0.29, 0.717) is 30.8 Å². The highest BCUT2D eigenvalue weighted by Crippen LogP contribution is 2.32. The van der Waals surface area contributed by atoms with Crippen molar-refractivity contribution in [2.45, 2.75) is 57.1 Å². The SMILES string of the molecule is CCOC(=O)CCCCCOC[C@H]1O[C@@H](n2cnc3c(N)ncnc32)[C@H](O)[C@@H]1O. The molecule has 0 bridgehead atoms. The van der Waals surface area contributed by atoms with Gasteiger partial charge < -0.3 is 30.2 Å². The van der Waals surface area contributed by atoms with Gasteiger partial charge in [0.25, 0.3) is 0 Å². The number of rotatable bonds is 10. The average Bonchev–Trinajstić information content (AvgIpc) is 3.24. The maximum atomic E-state index is 11.3. The number of nitrogens with zero attached hydrogens (tertiary/aromatic N) is 4. The minimum Gasteiger partial charge on any atom is -0.466 e. The summed E-state index contributed by atoms with van der Waals surface area (Å²) in [4.78, 5) is 23.4. The molecule has 1 aliphatic rings. The van der Waals surface area contributed by atoms with E-state index < -0.39 is 24.5 Å². The number of ether oxygens (including phenoxy) is 3. The number of imidazole rings is 1. The van der Waals surface area contributed by atoms with E-state index in [1.54, 1.807) is 6.92 Å². The molecule has 0 aromatic carbocycles. The Morgan fingerprint density at radius 3 is 2.86 bits per heavy atom. The van der Waals surface area contributed by atoms with E-state index in [-0.39, 0.29) is 18.4 Å². The Hall–Kier alpha value is -2.34. The van der Waals surface area contributed by atoms with E-state index in [0.717, 1.165) is 19.3 Å². The first kappa shape index (κ1) is 21.4. The van der Waals surface area contributed by atoms with Gasteiger partial charge in [0.1, 0.15) is 30.2 Å². The van der Waals surface area contributed by atoms with E-state index in [1.165, 1.54) is 17.2 Å². The summed E-state index contributed by atoms with van der Waals surface area (Å²) in [6.07, 6.45) is 1.68. The van der Waals surface area contributed by atoms with Crippen LogP contribution in [0.2, 0.25) is 0 Å². The van der Waals surface area contributed by atoms with Crippen molar-refractivity contribution in [1.82, 2.24) is 19.5 Å². The Morgan fingerprint density at radius 1 is 1.24 bits per heavy atom. The number of hydrogen-bond acceptors (Lipinski definition) is 10. The first-order valence-corrected chi connectivity index (χ1v) is 9.71. The smallest absolute Gasteiger partial charge is 0.305 e. The number of aromatic nitrogens is 4. The third-order valence-corrected chi connectivity index (χ3v) is 4.76. The van der Waals surface area contributed by atoms with Crippen LogP contribution in [0.3, 0.4) is 0 Å². The van der Waals surface area contributed by atoms with Crippen LogP contribution in [0.4, 0.5) is 5.82 Å². The quantitative estimate of drug-likeness (QED) is 0.365. The summed E-state index contributed by atoms with van der Waals surface area (Å²) >= 11 is 0. The van der Waals surface area contributed by atoms with Crippen molar-refractivity contribution >= 4 is 23.0 Å². The molecule has 0 spiro atoms. The molecule has 0 unspecified atom stereocenters. The number of carbonyl (C=O) groups excluding carboxylic acids is 1. The first-order chi connectivity index (χ1) is 14.0. The summed E-state index contributed by atoms with van der Waals surface area (Å²) in [6, 6.07) is 0. The van der Waals surface area contributed by atoms with Crippen molar-refractivity contribution in [2.24, 2.45) is 0 Å². The Labute approximate surface area is 167 Å². The molecule has 29 heavy (non-hydrogen) atoms. The van der Waals surface area contributed by atoms with Crippen LogP contribution in [0.25, 0.3) is 11.2 Å². The van der Waals surface area contributed by atoms with Gasteiger partial charge in [-0.15, -0.1) is 0 Å². The number of nitrogens with two attached hydrogens (primary N) is 1. The van der Waals surface area contributed by atoms with Gasteiger partial charge in [-0.2, -0.15) is 0 Å². The lowest BCUT2D eigenvalue weighted by molar-refractivity contribution is -0.143. The van der Waals surface area contributed by atoms with Crippen LogP contribution in [0.15, 0.2) is 12.7 Å². The minimum atomic E-state index is -1.17. The molecule has 160 valence electrons. The van der Waals surface area contributed by atoms with Crippen LogP contribution in [0.5, 0.6) is 0 Å². The topological polar surface area (TPSA) is 155 Å². The standard InChI is InChI=1S/C18H27N5O6/c1-2-28-12(24)6-4-3-5-7-27-8-11-14(25)15(26)18(29-11)23-10-22-13-16(19)20-9-21-17(13)23/h9-11,14-15,18,25-26H,2-8H2,1H3,(H2,19,20,21)/t11-,14-,15-,18-/m1/s1. The number of aliphatic hydroxyl groups is 2. The van der Waals surface area contributed by atoms with E-state index in [2.05, 4.69) is 15.0 Å². The normalized spacial score (nSPS) is 24.2. The molecule has 11 nitrogen and oxygen atoms in total. The van der Waals surface area contributed by atoms with Crippen molar-refractivity contribution < 1.29 is 29.2 Å². The molecule has 4 atom stereocenters. The van der Waals surface area contributed by atoms with Crippen molar-refractivity contribution in [2.75, 3.05) is 25.6 Å². The average molecular weight is 409 g/mol. The summed E-state index contributed by atoms with van der Waals surface area (Å²) in [5, 5.41) is 20.7. The zero-order valence-electron chi connectivity index (χ0n) is 16.3. The molecule has 3 heterocycles. The molecule has 0 radical (unpaired) electrons. The molecular weight excluding hydrogens is 382 g/mol. The molecule has 3 rings (SSSR count). The molecule has 11 heteroatoms. The van der Waals surface area contributed by atoms with E-state index in [4.69, 9.17) is 19.9 Å². The number of carbonyl (C=O) groups is 1. The van der Waals surface area contributed by atoms with Gasteiger partial charge in [0.2, 0.25) is 0 Å². The summed E-state index contributed by atoms with van der Waals surface area (Å²) in [6.45, 7) is 2.78. The molecule has 2 aromatic heterocycles. The van der Waals surface area contributed by atoms with Gasteiger partial charge in [0, 0.05) is 13.0 Å². The second kappa shape index (κ2) is 9.92. The number of anilines is 1. The fraction of sp³-hybridized carbons (Fsp3) is 0.667. The Kier molecular flexibility index (Phi) is 7.31.